The van der Waals surface area contributed by atoms with Gasteiger partial charge in [0.1, 0.15) is 12.4 Å². The standard InChI is InChI=1S/C10H9ClF3NO2/c11-7-2-1-6(3-8(7)12)9(17)15-4-10(13,14)5-16/h1-3,16H,4-5H2,(H,15,17). The third-order valence-corrected chi connectivity index (χ3v) is 2.23. The van der Waals surface area contributed by atoms with Gasteiger partial charge in [0.05, 0.1) is 11.6 Å². The molecule has 0 saturated heterocycles. The van der Waals surface area contributed by atoms with Crippen LogP contribution in [0.15, 0.2) is 18.2 Å². The van der Waals surface area contributed by atoms with E-state index in [1.54, 1.807) is 0 Å². The Morgan fingerprint density at radius 2 is 2.12 bits per heavy atom. The van der Waals surface area contributed by atoms with Gasteiger partial charge in [0.15, 0.2) is 0 Å². The summed E-state index contributed by atoms with van der Waals surface area (Å²) in [6.45, 7) is -2.39. The Morgan fingerprint density at radius 1 is 1.47 bits per heavy atom. The van der Waals surface area contributed by atoms with Gasteiger partial charge >= 0.3 is 0 Å². The van der Waals surface area contributed by atoms with Gasteiger partial charge in [-0.3, -0.25) is 4.79 Å². The number of aliphatic hydroxyl groups excluding tert-OH is 1. The molecule has 0 atom stereocenters. The minimum Gasteiger partial charge on any atom is -0.390 e. The number of rotatable bonds is 4. The van der Waals surface area contributed by atoms with Crippen molar-refractivity contribution >= 4 is 17.5 Å². The number of halogens is 4. The second-order valence-electron chi connectivity index (χ2n) is 3.33. The number of hydrogen-bond donors (Lipinski definition) is 2. The molecule has 0 radical (unpaired) electrons. The molecule has 1 amide bonds. The number of nitrogens with one attached hydrogen (secondary N) is 1. The lowest BCUT2D eigenvalue weighted by Gasteiger charge is -2.13. The largest absolute Gasteiger partial charge is 0.390 e. The van der Waals surface area contributed by atoms with Crippen LogP contribution < -0.4 is 5.32 Å². The van der Waals surface area contributed by atoms with Gasteiger partial charge in [-0.05, 0) is 18.2 Å². The summed E-state index contributed by atoms with van der Waals surface area (Å²) in [6.07, 6.45) is 0. The van der Waals surface area contributed by atoms with Gasteiger partial charge in [0.25, 0.3) is 11.8 Å². The van der Waals surface area contributed by atoms with E-state index in [2.05, 4.69) is 0 Å². The molecule has 0 aliphatic rings. The summed E-state index contributed by atoms with van der Waals surface area (Å²) in [5.74, 6) is -5.08. The van der Waals surface area contributed by atoms with E-state index in [0.717, 1.165) is 12.1 Å². The Labute approximate surface area is 100 Å². The molecule has 0 bridgehead atoms. The van der Waals surface area contributed by atoms with Crippen molar-refractivity contribution in [3.8, 4) is 0 Å². The number of aliphatic hydroxyl groups is 1. The molecule has 17 heavy (non-hydrogen) atoms. The van der Waals surface area contributed by atoms with Crippen molar-refractivity contribution in [3.63, 3.8) is 0 Å². The van der Waals surface area contributed by atoms with E-state index in [1.165, 1.54) is 6.07 Å². The average Bonchev–Trinajstić information content (AvgIpc) is 2.30. The van der Waals surface area contributed by atoms with Crippen LogP contribution in [0.25, 0.3) is 0 Å². The molecule has 2 N–H and O–H groups in total. The number of carbonyl (C=O) groups excluding carboxylic acids is 1. The van der Waals surface area contributed by atoms with E-state index in [1.807, 2.05) is 5.32 Å². The second-order valence-corrected chi connectivity index (χ2v) is 3.73. The highest BCUT2D eigenvalue weighted by atomic mass is 35.5. The highest BCUT2D eigenvalue weighted by molar-refractivity contribution is 6.30. The molecule has 3 nitrogen and oxygen atoms in total. The van der Waals surface area contributed by atoms with Crippen LogP contribution in [-0.4, -0.2) is 30.1 Å². The molecule has 0 heterocycles. The molecule has 0 saturated carbocycles. The van der Waals surface area contributed by atoms with Crippen LogP contribution in [0.1, 0.15) is 10.4 Å². The maximum Gasteiger partial charge on any atom is 0.287 e. The first-order chi connectivity index (χ1) is 7.85. The Bertz CT molecular complexity index is 426. The van der Waals surface area contributed by atoms with Crippen LogP contribution in [0.3, 0.4) is 0 Å². The normalized spacial score (nSPS) is 11.4. The monoisotopic (exact) mass is 267 g/mol. The maximum absolute atomic E-state index is 13.0. The SMILES string of the molecule is O=C(NCC(F)(F)CO)c1ccc(Cl)c(F)c1. The predicted molar refractivity (Wildman–Crippen MR) is 55.8 cm³/mol. The van der Waals surface area contributed by atoms with Gasteiger partial charge in [0, 0.05) is 5.56 Å². The van der Waals surface area contributed by atoms with E-state index in [4.69, 9.17) is 16.7 Å². The quantitative estimate of drug-likeness (QED) is 0.874. The van der Waals surface area contributed by atoms with Gasteiger partial charge in [-0.25, -0.2) is 13.2 Å². The van der Waals surface area contributed by atoms with Crippen LogP contribution in [0.5, 0.6) is 0 Å². The summed E-state index contributed by atoms with van der Waals surface area (Å²) >= 11 is 5.40. The Morgan fingerprint density at radius 3 is 2.65 bits per heavy atom. The first-order valence-corrected chi connectivity index (χ1v) is 4.95. The Kier molecular flexibility index (Phi) is 4.36. The molecule has 0 spiro atoms. The number of benzene rings is 1. The summed E-state index contributed by atoms with van der Waals surface area (Å²) in [6, 6.07) is 3.20. The maximum atomic E-state index is 13.0. The molecule has 1 rings (SSSR count). The number of carbonyl (C=O) groups is 1. The third-order valence-electron chi connectivity index (χ3n) is 1.92. The highest BCUT2D eigenvalue weighted by Crippen LogP contribution is 2.16. The summed E-state index contributed by atoms with van der Waals surface area (Å²) in [4.78, 5) is 11.3. The third kappa shape index (κ3) is 3.90. The molecule has 7 heteroatoms. The molecule has 0 aliphatic heterocycles. The Hall–Kier alpha value is -1.27. The summed E-state index contributed by atoms with van der Waals surface area (Å²) < 4.78 is 38.2. The van der Waals surface area contributed by atoms with E-state index >= 15 is 0 Å². The molecule has 1 aromatic rings. The summed E-state index contributed by atoms with van der Waals surface area (Å²) in [5.41, 5.74) is -0.124. The Balaban J connectivity index is 2.68. The lowest BCUT2D eigenvalue weighted by atomic mass is 10.2. The number of amides is 1. The van der Waals surface area contributed by atoms with Crippen molar-refractivity contribution in [1.29, 1.82) is 0 Å². The molecular weight excluding hydrogens is 259 g/mol. The van der Waals surface area contributed by atoms with Gasteiger partial charge in [0.2, 0.25) is 0 Å². The van der Waals surface area contributed by atoms with Gasteiger partial charge in [-0.1, -0.05) is 11.6 Å². The van der Waals surface area contributed by atoms with Crippen molar-refractivity contribution < 1.29 is 23.1 Å². The lowest BCUT2D eigenvalue weighted by molar-refractivity contribution is -0.0462. The smallest absolute Gasteiger partial charge is 0.287 e. The zero-order valence-corrected chi connectivity index (χ0v) is 9.27. The van der Waals surface area contributed by atoms with E-state index in [0.29, 0.717) is 0 Å². The summed E-state index contributed by atoms with van der Waals surface area (Å²) in [7, 11) is 0. The zero-order valence-electron chi connectivity index (χ0n) is 8.51. The first-order valence-electron chi connectivity index (χ1n) is 4.57. The van der Waals surface area contributed by atoms with Crippen LogP contribution in [0.4, 0.5) is 13.2 Å². The molecule has 0 aromatic heterocycles. The van der Waals surface area contributed by atoms with E-state index in [-0.39, 0.29) is 10.6 Å². The first kappa shape index (κ1) is 13.8. The molecule has 0 unspecified atom stereocenters. The van der Waals surface area contributed by atoms with E-state index < -0.39 is 30.8 Å². The van der Waals surface area contributed by atoms with Crippen molar-refractivity contribution in [2.75, 3.05) is 13.2 Å². The average molecular weight is 268 g/mol. The fraction of sp³-hybridized carbons (Fsp3) is 0.300. The van der Waals surface area contributed by atoms with Crippen molar-refractivity contribution in [1.82, 2.24) is 5.32 Å². The second kappa shape index (κ2) is 5.37. The fourth-order valence-electron chi connectivity index (χ4n) is 1.00. The van der Waals surface area contributed by atoms with Gasteiger partial charge in [-0.2, -0.15) is 0 Å². The van der Waals surface area contributed by atoms with E-state index in [9.17, 15) is 18.0 Å². The summed E-state index contributed by atoms with van der Waals surface area (Å²) in [5, 5.41) is 9.99. The predicted octanol–water partition coefficient (Wildman–Crippen LogP) is 1.84. The fourth-order valence-corrected chi connectivity index (χ4v) is 1.12. The van der Waals surface area contributed by atoms with Crippen molar-refractivity contribution in [2.45, 2.75) is 5.92 Å². The van der Waals surface area contributed by atoms with Crippen molar-refractivity contribution in [2.24, 2.45) is 0 Å². The topological polar surface area (TPSA) is 49.3 Å². The van der Waals surface area contributed by atoms with Crippen LogP contribution in [0.2, 0.25) is 5.02 Å². The molecular formula is C10H9ClF3NO2. The number of hydrogen-bond acceptors (Lipinski definition) is 2. The minimum atomic E-state index is -3.40. The van der Waals surface area contributed by atoms with Crippen LogP contribution in [0, 0.1) is 5.82 Å². The molecule has 0 aliphatic carbocycles. The zero-order chi connectivity index (χ0) is 13.1. The van der Waals surface area contributed by atoms with Gasteiger partial charge in [-0.15, -0.1) is 0 Å². The van der Waals surface area contributed by atoms with Crippen LogP contribution >= 0.6 is 11.6 Å². The van der Waals surface area contributed by atoms with Crippen LogP contribution in [-0.2, 0) is 0 Å². The number of alkyl halides is 2. The molecule has 1 aromatic carbocycles. The molecule has 94 valence electrons. The van der Waals surface area contributed by atoms with Gasteiger partial charge < -0.3 is 10.4 Å². The lowest BCUT2D eigenvalue weighted by Crippen LogP contribution is -2.39. The molecule has 0 fully saturated rings. The van der Waals surface area contributed by atoms with Crippen molar-refractivity contribution in [3.05, 3.63) is 34.6 Å². The highest BCUT2D eigenvalue weighted by Gasteiger charge is 2.28. The minimum absolute atomic E-state index is 0.124.